The minimum absolute atomic E-state index is 0.0586. The summed E-state index contributed by atoms with van der Waals surface area (Å²) in [7, 11) is 0. The lowest BCUT2D eigenvalue weighted by molar-refractivity contribution is -0.158. The fourth-order valence-electron chi connectivity index (χ4n) is 3.50. The summed E-state index contributed by atoms with van der Waals surface area (Å²) >= 11 is 0. The molecule has 18 heavy (non-hydrogen) atoms. The van der Waals surface area contributed by atoms with Gasteiger partial charge in [0, 0.05) is 17.4 Å². The van der Waals surface area contributed by atoms with Gasteiger partial charge in [0.05, 0.1) is 5.92 Å². The van der Waals surface area contributed by atoms with E-state index in [9.17, 15) is 9.59 Å². The van der Waals surface area contributed by atoms with Crippen molar-refractivity contribution < 1.29 is 19.1 Å². The van der Waals surface area contributed by atoms with Crippen LogP contribution in [0, 0.1) is 23.7 Å². The van der Waals surface area contributed by atoms with Gasteiger partial charge in [-0.2, -0.15) is 0 Å². The van der Waals surface area contributed by atoms with Gasteiger partial charge >= 0.3 is 11.9 Å². The minimum Gasteiger partial charge on any atom is -0.458 e. The van der Waals surface area contributed by atoms with Gasteiger partial charge in [0.2, 0.25) is 0 Å². The van der Waals surface area contributed by atoms with Crippen LogP contribution < -0.4 is 0 Å². The van der Waals surface area contributed by atoms with Gasteiger partial charge in [0.15, 0.2) is 0 Å². The zero-order chi connectivity index (χ0) is 13.0. The van der Waals surface area contributed by atoms with Crippen molar-refractivity contribution >= 4 is 11.9 Å². The number of hydrogen-bond donors (Lipinski definition) is 0. The van der Waals surface area contributed by atoms with Crippen molar-refractivity contribution in [3.63, 3.8) is 0 Å². The molecular weight excluding hydrogens is 232 g/mol. The number of hydrogen-bond acceptors (Lipinski definition) is 4. The molecule has 0 amide bonds. The monoisotopic (exact) mass is 250 g/mol. The largest absolute Gasteiger partial charge is 0.458 e. The Kier molecular flexibility index (Phi) is 2.50. The lowest BCUT2D eigenvalue weighted by Gasteiger charge is -2.26. The minimum atomic E-state index is -0.345. The topological polar surface area (TPSA) is 52.6 Å². The van der Waals surface area contributed by atoms with E-state index in [1.54, 1.807) is 0 Å². The van der Waals surface area contributed by atoms with Gasteiger partial charge < -0.3 is 9.47 Å². The van der Waals surface area contributed by atoms with E-state index in [-0.39, 0.29) is 41.9 Å². The Bertz CT molecular complexity index is 426. The molecule has 3 rings (SSSR count). The summed E-state index contributed by atoms with van der Waals surface area (Å²) in [4.78, 5) is 23.5. The molecule has 5 unspecified atom stereocenters. The molecule has 5 atom stereocenters. The van der Waals surface area contributed by atoms with Crippen LogP contribution in [-0.4, -0.2) is 24.1 Å². The molecule has 2 saturated carbocycles. The molecule has 0 spiro atoms. The lowest BCUT2D eigenvalue weighted by atomic mass is 9.88. The number of rotatable bonds is 3. The van der Waals surface area contributed by atoms with Crippen molar-refractivity contribution in [2.75, 3.05) is 0 Å². The molecule has 3 aliphatic rings. The zero-order valence-electron chi connectivity index (χ0n) is 10.7. The molecule has 2 aliphatic carbocycles. The molecule has 4 heteroatoms. The van der Waals surface area contributed by atoms with Crippen molar-refractivity contribution in [2.24, 2.45) is 23.7 Å². The highest BCUT2D eigenvalue weighted by molar-refractivity contribution is 5.88. The Morgan fingerprint density at radius 1 is 1.44 bits per heavy atom. The standard InChI is InChI=1S/C14H18O4/c1-6(2)7(3)13(15)17-11-8-4-9-10(5-8)14(16)18-12(9)11/h6,8-12H,3-5H2,1-2H3. The number of esters is 2. The summed E-state index contributed by atoms with van der Waals surface area (Å²) in [6, 6.07) is 0. The molecule has 0 N–H and O–H groups in total. The highest BCUT2D eigenvalue weighted by Gasteiger charge is 2.63. The number of carbonyl (C=O) groups is 2. The van der Waals surface area contributed by atoms with Crippen molar-refractivity contribution in [1.82, 2.24) is 0 Å². The molecule has 1 heterocycles. The zero-order valence-corrected chi connectivity index (χ0v) is 10.7. The van der Waals surface area contributed by atoms with E-state index in [4.69, 9.17) is 9.47 Å². The Labute approximate surface area is 106 Å². The molecule has 1 saturated heterocycles. The van der Waals surface area contributed by atoms with Crippen LogP contribution in [0.2, 0.25) is 0 Å². The quantitative estimate of drug-likeness (QED) is 0.565. The van der Waals surface area contributed by atoms with Gasteiger partial charge in [-0.05, 0) is 18.8 Å². The Hall–Kier alpha value is -1.32. The number of fused-ring (bicyclic) bond motifs is 1. The first-order valence-electron chi connectivity index (χ1n) is 6.59. The maximum Gasteiger partial charge on any atom is 0.334 e. The molecule has 1 aliphatic heterocycles. The molecule has 0 radical (unpaired) electrons. The molecule has 0 aromatic carbocycles. The maximum atomic E-state index is 11.9. The highest BCUT2D eigenvalue weighted by atomic mass is 16.6. The molecule has 4 nitrogen and oxygen atoms in total. The van der Waals surface area contributed by atoms with Crippen LogP contribution >= 0.6 is 0 Å². The van der Waals surface area contributed by atoms with Gasteiger partial charge in [-0.25, -0.2) is 4.79 Å². The first kappa shape index (κ1) is 11.8. The van der Waals surface area contributed by atoms with Gasteiger partial charge in [0.25, 0.3) is 0 Å². The molecule has 98 valence electrons. The van der Waals surface area contributed by atoms with Crippen LogP contribution in [0.1, 0.15) is 26.7 Å². The maximum absolute atomic E-state index is 11.9. The van der Waals surface area contributed by atoms with E-state index in [0.717, 1.165) is 12.8 Å². The number of carbonyl (C=O) groups excluding carboxylic acids is 2. The summed E-state index contributed by atoms with van der Waals surface area (Å²) in [5, 5.41) is 0. The van der Waals surface area contributed by atoms with Gasteiger partial charge in [-0.3, -0.25) is 4.79 Å². The second-order valence-electron chi connectivity index (χ2n) is 5.95. The lowest BCUT2D eigenvalue weighted by Crippen LogP contribution is -2.36. The fraction of sp³-hybridized carbons (Fsp3) is 0.714. The normalized spacial score (nSPS) is 40.2. The fourth-order valence-corrected chi connectivity index (χ4v) is 3.50. The van der Waals surface area contributed by atoms with E-state index in [2.05, 4.69) is 6.58 Å². The van der Waals surface area contributed by atoms with Gasteiger partial charge in [-0.15, -0.1) is 0 Å². The summed E-state index contributed by atoms with van der Waals surface area (Å²) in [5.74, 6) is 0.252. The average Bonchev–Trinajstić information content (AvgIpc) is 2.92. The van der Waals surface area contributed by atoms with Crippen molar-refractivity contribution in [1.29, 1.82) is 0 Å². The molecule has 2 bridgehead atoms. The van der Waals surface area contributed by atoms with Crippen LogP contribution in [0.5, 0.6) is 0 Å². The van der Waals surface area contributed by atoms with Crippen LogP contribution in [0.4, 0.5) is 0 Å². The predicted molar refractivity (Wildman–Crippen MR) is 63.4 cm³/mol. The van der Waals surface area contributed by atoms with Crippen LogP contribution in [0.25, 0.3) is 0 Å². The third kappa shape index (κ3) is 1.51. The summed E-state index contributed by atoms with van der Waals surface area (Å²) in [6.07, 6.45) is 1.31. The van der Waals surface area contributed by atoms with Gasteiger partial charge in [0.1, 0.15) is 12.2 Å². The number of ether oxygens (including phenoxy) is 2. The first-order valence-corrected chi connectivity index (χ1v) is 6.59. The van der Waals surface area contributed by atoms with Gasteiger partial charge in [-0.1, -0.05) is 20.4 Å². The Morgan fingerprint density at radius 2 is 2.17 bits per heavy atom. The highest BCUT2D eigenvalue weighted by Crippen LogP contribution is 2.55. The predicted octanol–water partition coefficient (Wildman–Crippen LogP) is 1.69. The average molecular weight is 250 g/mol. The van der Waals surface area contributed by atoms with Crippen LogP contribution in [0.3, 0.4) is 0 Å². The second-order valence-corrected chi connectivity index (χ2v) is 5.95. The van der Waals surface area contributed by atoms with E-state index in [1.165, 1.54) is 0 Å². The summed E-state index contributed by atoms with van der Waals surface area (Å²) in [5.41, 5.74) is 0.485. The van der Waals surface area contributed by atoms with Crippen molar-refractivity contribution in [3.05, 3.63) is 12.2 Å². The molecule has 3 fully saturated rings. The summed E-state index contributed by atoms with van der Waals surface area (Å²) < 4.78 is 10.9. The van der Waals surface area contributed by atoms with Crippen molar-refractivity contribution in [2.45, 2.75) is 38.9 Å². The van der Waals surface area contributed by atoms with Crippen LogP contribution in [-0.2, 0) is 19.1 Å². The van der Waals surface area contributed by atoms with E-state index in [0.29, 0.717) is 11.5 Å². The van der Waals surface area contributed by atoms with E-state index >= 15 is 0 Å². The summed E-state index contributed by atoms with van der Waals surface area (Å²) in [6.45, 7) is 7.58. The third-order valence-electron chi connectivity index (χ3n) is 4.62. The van der Waals surface area contributed by atoms with Crippen LogP contribution in [0.15, 0.2) is 12.2 Å². The van der Waals surface area contributed by atoms with Crippen molar-refractivity contribution in [3.8, 4) is 0 Å². The Morgan fingerprint density at radius 3 is 2.83 bits per heavy atom. The molecule has 0 aromatic heterocycles. The second kappa shape index (κ2) is 3.84. The smallest absolute Gasteiger partial charge is 0.334 e. The third-order valence-corrected chi connectivity index (χ3v) is 4.62. The Balaban J connectivity index is 1.71. The first-order chi connectivity index (χ1) is 8.49. The van der Waals surface area contributed by atoms with E-state index < -0.39 is 0 Å². The SMILES string of the molecule is C=C(C(=O)OC1C2CC3C(=O)OC1C3C2)C(C)C. The van der Waals surface area contributed by atoms with E-state index in [1.807, 2.05) is 13.8 Å². The molecule has 0 aromatic rings. The molecular formula is C14H18O4.